The third-order valence-electron chi connectivity index (χ3n) is 3.39. The number of aryl methyl sites for hydroxylation is 2. The van der Waals surface area contributed by atoms with Crippen molar-refractivity contribution in [2.45, 2.75) is 13.8 Å². The molecule has 0 aliphatic rings. The fraction of sp³-hybridized carbons (Fsp3) is 0.176. The number of hydrogen-bond donors (Lipinski definition) is 2. The van der Waals surface area contributed by atoms with Gasteiger partial charge in [-0.15, -0.1) is 0 Å². The van der Waals surface area contributed by atoms with Crippen LogP contribution in [0.15, 0.2) is 45.6 Å². The molecule has 1 amide bonds. The van der Waals surface area contributed by atoms with Crippen LogP contribution in [0.2, 0.25) is 0 Å². The summed E-state index contributed by atoms with van der Waals surface area (Å²) >= 11 is 0. The smallest absolute Gasteiger partial charge is 0.417 e. The number of aromatic amines is 1. The first-order chi connectivity index (χ1) is 11.0. The van der Waals surface area contributed by atoms with E-state index >= 15 is 0 Å². The van der Waals surface area contributed by atoms with E-state index in [1.165, 1.54) is 0 Å². The summed E-state index contributed by atoms with van der Waals surface area (Å²) < 4.78 is 10.4. The molecule has 0 bridgehead atoms. The van der Waals surface area contributed by atoms with Crippen molar-refractivity contribution in [3.05, 3.63) is 58.1 Å². The van der Waals surface area contributed by atoms with Gasteiger partial charge in [-0.25, -0.2) is 4.79 Å². The van der Waals surface area contributed by atoms with E-state index in [0.29, 0.717) is 22.5 Å². The molecule has 0 aliphatic carbocycles. The van der Waals surface area contributed by atoms with E-state index in [4.69, 9.17) is 9.15 Å². The predicted octanol–water partition coefficient (Wildman–Crippen LogP) is 2.76. The zero-order valence-corrected chi connectivity index (χ0v) is 12.8. The highest BCUT2D eigenvalue weighted by Gasteiger charge is 2.07. The molecule has 118 valence electrons. The first-order valence-electron chi connectivity index (χ1n) is 7.14. The van der Waals surface area contributed by atoms with Crippen LogP contribution in [-0.2, 0) is 4.79 Å². The summed E-state index contributed by atoms with van der Waals surface area (Å²) in [5, 5.41) is 2.72. The van der Waals surface area contributed by atoms with Gasteiger partial charge in [-0.1, -0.05) is 17.7 Å². The molecule has 1 heterocycles. The molecule has 0 unspecified atom stereocenters. The van der Waals surface area contributed by atoms with Gasteiger partial charge in [-0.3, -0.25) is 9.78 Å². The highest BCUT2D eigenvalue weighted by molar-refractivity contribution is 5.93. The van der Waals surface area contributed by atoms with E-state index in [0.717, 1.165) is 11.1 Å². The van der Waals surface area contributed by atoms with Crippen molar-refractivity contribution in [2.24, 2.45) is 0 Å². The summed E-state index contributed by atoms with van der Waals surface area (Å²) in [6.45, 7) is 3.84. The first-order valence-corrected chi connectivity index (χ1v) is 7.14. The molecule has 2 N–H and O–H groups in total. The highest BCUT2D eigenvalue weighted by atomic mass is 16.5. The number of fused-ring (bicyclic) bond motifs is 1. The maximum atomic E-state index is 12.0. The molecule has 0 spiro atoms. The van der Waals surface area contributed by atoms with Crippen LogP contribution in [0.3, 0.4) is 0 Å². The van der Waals surface area contributed by atoms with Crippen LogP contribution in [-0.4, -0.2) is 17.5 Å². The molecule has 2 aromatic carbocycles. The molecule has 3 rings (SSSR count). The summed E-state index contributed by atoms with van der Waals surface area (Å²) in [5.74, 6) is -0.128. The maximum absolute atomic E-state index is 12.0. The van der Waals surface area contributed by atoms with Gasteiger partial charge in [0.15, 0.2) is 12.2 Å². The average Bonchev–Trinajstić information content (AvgIpc) is 2.85. The third-order valence-corrected chi connectivity index (χ3v) is 3.39. The van der Waals surface area contributed by atoms with Gasteiger partial charge >= 0.3 is 5.76 Å². The molecule has 0 saturated heterocycles. The lowest BCUT2D eigenvalue weighted by atomic mass is 10.1. The van der Waals surface area contributed by atoms with Gasteiger partial charge in [-0.05, 0) is 43.7 Å². The van der Waals surface area contributed by atoms with Gasteiger partial charge in [0.05, 0.1) is 5.52 Å². The molecule has 3 aromatic rings. The fourth-order valence-electron chi connectivity index (χ4n) is 2.33. The van der Waals surface area contributed by atoms with Crippen molar-refractivity contribution in [3.63, 3.8) is 0 Å². The van der Waals surface area contributed by atoms with Crippen LogP contribution in [0.4, 0.5) is 5.69 Å². The van der Waals surface area contributed by atoms with Crippen molar-refractivity contribution >= 4 is 22.7 Å². The molecule has 0 fully saturated rings. The van der Waals surface area contributed by atoms with E-state index in [-0.39, 0.29) is 12.5 Å². The van der Waals surface area contributed by atoms with Crippen LogP contribution in [0.1, 0.15) is 11.1 Å². The van der Waals surface area contributed by atoms with Gasteiger partial charge in [0.2, 0.25) is 0 Å². The van der Waals surface area contributed by atoms with Crippen LogP contribution in [0.5, 0.6) is 5.75 Å². The van der Waals surface area contributed by atoms with Crippen molar-refractivity contribution in [1.82, 2.24) is 4.98 Å². The van der Waals surface area contributed by atoms with Gasteiger partial charge in [0.25, 0.3) is 5.91 Å². The minimum absolute atomic E-state index is 0.0934. The summed E-state index contributed by atoms with van der Waals surface area (Å²) in [6, 6.07) is 10.7. The predicted molar refractivity (Wildman–Crippen MR) is 86.9 cm³/mol. The van der Waals surface area contributed by atoms with Crippen LogP contribution >= 0.6 is 0 Å². The topological polar surface area (TPSA) is 84.3 Å². The van der Waals surface area contributed by atoms with E-state index in [1.807, 2.05) is 32.0 Å². The molecule has 0 radical (unpaired) electrons. The molecule has 0 aliphatic heterocycles. The summed E-state index contributed by atoms with van der Waals surface area (Å²) in [7, 11) is 0. The van der Waals surface area contributed by atoms with E-state index in [9.17, 15) is 9.59 Å². The van der Waals surface area contributed by atoms with Crippen LogP contribution in [0, 0.1) is 13.8 Å². The number of rotatable bonds is 4. The zero-order chi connectivity index (χ0) is 16.4. The molecule has 0 atom stereocenters. The Hall–Kier alpha value is -3.02. The summed E-state index contributed by atoms with van der Waals surface area (Å²) in [6.07, 6.45) is 0. The number of aromatic nitrogens is 1. The second-order valence-corrected chi connectivity index (χ2v) is 5.33. The summed E-state index contributed by atoms with van der Waals surface area (Å²) in [4.78, 5) is 25.6. The fourth-order valence-corrected chi connectivity index (χ4v) is 2.33. The molecule has 0 saturated carbocycles. The Kier molecular flexibility index (Phi) is 3.89. The van der Waals surface area contributed by atoms with E-state index in [2.05, 4.69) is 10.3 Å². The Morgan fingerprint density at radius 1 is 1.22 bits per heavy atom. The number of H-pyrrole nitrogens is 1. The van der Waals surface area contributed by atoms with Gasteiger partial charge in [0, 0.05) is 5.69 Å². The summed E-state index contributed by atoms with van der Waals surface area (Å²) in [5.41, 5.74) is 3.66. The van der Waals surface area contributed by atoms with Crippen LogP contribution in [0.25, 0.3) is 11.1 Å². The molecule has 1 aromatic heterocycles. The number of oxazole rings is 1. The standard InChI is InChI=1S/C17H16N2O4/c1-10-3-5-14(11(2)7-10)22-9-16(20)18-12-4-6-15-13(8-12)19-17(21)23-15/h3-8H,9H2,1-2H3,(H,18,20)(H,19,21). The van der Waals surface area contributed by atoms with Crippen molar-refractivity contribution in [2.75, 3.05) is 11.9 Å². The number of ether oxygens (including phenoxy) is 1. The Balaban J connectivity index is 1.64. The second kappa shape index (κ2) is 6.00. The highest BCUT2D eigenvalue weighted by Crippen LogP contribution is 2.19. The Morgan fingerprint density at radius 3 is 2.83 bits per heavy atom. The maximum Gasteiger partial charge on any atom is 0.417 e. The third kappa shape index (κ3) is 3.42. The Labute approximate surface area is 132 Å². The van der Waals surface area contributed by atoms with Crippen LogP contribution < -0.4 is 15.8 Å². The molecule has 23 heavy (non-hydrogen) atoms. The van der Waals surface area contributed by atoms with Gasteiger partial charge in [-0.2, -0.15) is 0 Å². The number of carbonyl (C=O) groups excluding carboxylic acids is 1. The van der Waals surface area contributed by atoms with Crippen molar-refractivity contribution in [1.29, 1.82) is 0 Å². The number of benzene rings is 2. The minimum Gasteiger partial charge on any atom is -0.483 e. The number of nitrogens with one attached hydrogen (secondary N) is 2. The second-order valence-electron chi connectivity index (χ2n) is 5.33. The Bertz CT molecular complexity index is 924. The molecular weight excluding hydrogens is 296 g/mol. The minimum atomic E-state index is -0.526. The number of carbonyl (C=O) groups is 1. The molecule has 6 nitrogen and oxygen atoms in total. The average molecular weight is 312 g/mol. The quantitative estimate of drug-likeness (QED) is 0.776. The molecular formula is C17H16N2O4. The number of hydrogen-bond acceptors (Lipinski definition) is 4. The number of anilines is 1. The molecule has 6 heteroatoms. The van der Waals surface area contributed by atoms with Crippen molar-refractivity contribution in [3.8, 4) is 5.75 Å². The normalized spacial score (nSPS) is 10.7. The largest absolute Gasteiger partial charge is 0.483 e. The van der Waals surface area contributed by atoms with E-state index < -0.39 is 5.76 Å². The van der Waals surface area contributed by atoms with Gasteiger partial charge in [0.1, 0.15) is 5.75 Å². The van der Waals surface area contributed by atoms with Gasteiger partial charge < -0.3 is 14.5 Å². The SMILES string of the molecule is Cc1ccc(OCC(=O)Nc2ccc3oc(=O)[nH]c3c2)c(C)c1. The Morgan fingerprint density at radius 2 is 2.04 bits per heavy atom. The lowest BCUT2D eigenvalue weighted by Crippen LogP contribution is -2.20. The number of amides is 1. The van der Waals surface area contributed by atoms with Crippen molar-refractivity contribution < 1.29 is 13.9 Å². The zero-order valence-electron chi connectivity index (χ0n) is 12.8. The lowest BCUT2D eigenvalue weighted by molar-refractivity contribution is -0.118. The lowest BCUT2D eigenvalue weighted by Gasteiger charge is -2.10. The first kappa shape index (κ1) is 14.9. The van der Waals surface area contributed by atoms with E-state index in [1.54, 1.807) is 18.2 Å². The monoisotopic (exact) mass is 312 g/mol.